The van der Waals surface area contributed by atoms with Gasteiger partial charge >= 0.3 is 0 Å². The Balaban J connectivity index is 1.70. The molecule has 0 bridgehead atoms. The summed E-state index contributed by atoms with van der Waals surface area (Å²) in [6, 6.07) is 19.5. The quantitative estimate of drug-likeness (QED) is 0.438. The van der Waals surface area contributed by atoms with Crippen molar-refractivity contribution in [1.29, 1.82) is 0 Å². The van der Waals surface area contributed by atoms with Crippen molar-refractivity contribution >= 4 is 10.8 Å². The fourth-order valence-corrected chi connectivity index (χ4v) is 3.64. The maximum absolute atomic E-state index is 6.41. The minimum absolute atomic E-state index is 0.0205. The van der Waals surface area contributed by atoms with Crippen LogP contribution in [0, 0.1) is 0 Å². The summed E-state index contributed by atoms with van der Waals surface area (Å²) < 4.78 is 8.73. The zero-order valence-electron chi connectivity index (χ0n) is 19.1. The van der Waals surface area contributed by atoms with E-state index in [-0.39, 0.29) is 16.6 Å². The summed E-state index contributed by atoms with van der Waals surface area (Å²) in [7, 11) is 0. The van der Waals surface area contributed by atoms with Gasteiger partial charge in [0, 0.05) is 31.7 Å². The van der Waals surface area contributed by atoms with E-state index in [1.807, 2.05) is 0 Å². The lowest BCUT2D eigenvalue weighted by molar-refractivity contribution is -0.757. The van der Waals surface area contributed by atoms with Gasteiger partial charge in [-0.3, -0.25) is 0 Å². The van der Waals surface area contributed by atoms with Crippen molar-refractivity contribution in [2.45, 2.75) is 71.4 Å². The summed E-state index contributed by atoms with van der Waals surface area (Å²) in [5.74, 6) is 0. The Morgan fingerprint density at radius 3 is 2.10 bits per heavy atom. The summed E-state index contributed by atoms with van der Waals surface area (Å²) >= 11 is 0. The molecule has 0 amide bonds. The maximum Gasteiger partial charge on any atom is 0.177 e. The molecule has 2 aromatic carbocycles. The number of ether oxygens (including phenoxy) is 1. The molecule has 1 heterocycles. The maximum atomic E-state index is 6.41. The second-order valence-electron chi connectivity index (χ2n) is 10.2. The van der Waals surface area contributed by atoms with Crippen molar-refractivity contribution < 1.29 is 9.30 Å². The number of benzene rings is 2. The van der Waals surface area contributed by atoms with Gasteiger partial charge in [-0.15, -0.1) is 0 Å². The second-order valence-corrected chi connectivity index (χ2v) is 10.2. The van der Waals surface area contributed by atoms with Crippen LogP contribution in [0.3, 0.4) is 0 Å². The Morgan fingerprint density at radius 2 is 1.41 bits per heavy atom. The fraction of sp³-hybridized carbons (Fsp3) is 0.444. The molecular weight excluding hydrogens is 354 g/mol. The third-order valence-electron chi connectivity index (χ3n) is 5.99. The van der Waals surface area contributed by atoms with Gasteiger partial charge in [0.05, 0.1) is 12.2 Å². The second kappa shape index (κ2) is 7.91. The molecule has 2 nitrogen and oxygen atoms in total. The molecule has 0 radical (unpaired) electrons. The SMILES string of the molecule is CC(C)(C)c1cccc(C(C)(C)OCCC(C)(C)[n+]2ccc3ccccc3c2)c1. The van der Waals surface area contributed by atoms with E-state index in [9.17, 15) is 0 Å². The van der Waals surface area contributed by atoms with Crippen molar-refractivity contribution in [3.8, 4) is 0 Å². The highest BCUT2D eigenvalue weighted by atomic mass is 16.5. The Labute approximate surface area is 176 Å². The molecule has 0 aliphatic rings. The monoisotopic (exact) mass is 390 g/mol. The highest BCUT2D eigenvalue weighted by Gasteiger charge is 2.30. The third kappa shape index (κ3) is 5.05. The lowest BCUT2D eigenvalue weighted by Gasteiger charge is -2.29. The van der Waals surface area contributed by atoms with Gasteiger partial charge in [-0.2, -0.15) is 4.57 Å². The van der Waals surface area contributed by atoms with Crippen molar-refractivity contribution in [3.63, 3.8) is 0 Å². The Kier molecular flexibility index (Phi) is 5.87. The normalized spacial score (nSPS) is 13.1. The summed E-state index contributed by atoms with van der Waals surface area (Å²) in [5, 5.41) is 2.54. The number of aromatic nitrogens is 1. The Hall–Kier alpha value is -2.19. The van der Waals surface area contributed by atoms with Crippen molar-refractivity contribution in [2.75, 3.05) is 6.61 Å². The van der Waals surface area contributed by atoms with Gasteiger partial charge in [-0.1, -0.05) is 63.2 Å². The van der Waals surface area contributed by atoms with Crippen LogP contribution in [0.2, 0.25) is 0 Å². The predicted molar refractivity (Wildman–Crippen MR) is 122 cm³/mol. The topological polar surface area (TPSA) is 13.1 Å². The molecule has 0 unspecified atom stereocenters. The molecule has 154 valence electrons. The highest BCUT2D eigenvalue weighted by Crippen LogP contribution is 2.30. The molecule has 0 N–H and O–H groups in total. The van der Waals surface area contributed by atoms with E-state index >= 15 is 0 Å². The molecule has 29 heavy (non-hydrogen) atoms. The van der Waals surface area contributed by atoms with E-state index in [4.69, 9.17) is 4.74 Å². The van der Waals surface area contributed by atoms with Crippen LogP contribution in [0.1, 0.15) is 66.0 Å². The van der Waals surface area contributed by atoms with E-state index in [0.717, 1.165) is 6.42 Å². The molecule has 0 saturated heterocycles. The zero-order chi connectivity index (χ0) is 21.3. The third-order valence-corrected chi connectivity index (χ3v) is 5.99. The fourth-order valence-electron chi connectivity index (χ4n) is 3.64. The first-order valence-corrected chi connectivity index (χ1v) is 10.6. The average Bonchev–Trinajstić information content (AvgIpc) is 2.66. The first-order chi connectivity index (χ1) is 13.5. The molecule has 3 rings (SSSR count). The van der Waals surface area contributed by atoms with Crippen LogP contribution in [0.25, 0.3) is 10.8 Å². The van der Waals surface area contributed by atoms with E-state index in [1.165, 1.54) is 21.9 Å². The van der Waals surface area contributed by atoms with E-state index in [2.05, 4.69) is 120 Å². The number of hydrogen-bond acceptors (Lipinski definition) is 1. The van der Waals surface area contributed by atoms with Crippen LogP contribution in [-0.2, 0) is 21.3 Å². The van der Waals surface area contributed by atoms with Gasteiger partial charge < -0.3 is 4.74 Å². The van der Waals surface area contributed by atoms with Crippen LogP contribution >= 0.6 is 0 Å². The van der Waals surface area contributed by atoms with Crippen molar-refractivity contribution in [3.05, 3.63) is 78.1 Å². The first kappa shape index (κ1) is 21.5. The largest absolute Gasteiger partial charge is 0.371 e. The molecule has 0 saturated carbocycles. The molecule has 3 aromatic rings. The zero-order valence-corrected chi connectivity index (χ0v) is 19.1. The van der Waals surface area contributed by atoms with Crippen LogP contribution in [0.15, 0.2) is 67.0 Å². The molecule has 0 fully saturated rings. The summed E-state index contributed by atoms with van der Waals surface area (Å²) in [5.41, 5.74) is 2.39. The number of fused-ring (bicyclic) bond motifs is 1. The summed E-state index contributed by atoms with van der Waals surface area (Å²) in [4.78, 5) is 0. The van der Waals surface area contributed by atoms with E-state index in [0.29, 0.717) is 6.61 Å². The van der Waals surface area contributed by atoms with E-state index < -0.39 is 0 Å². The minimum Gasteiger partial charge on any atom is -0.371 e. The van der Waals surface area contributed by atoms with Crippen LogP contribution in [0.5, 0.6) is 0 Å². The van der Waals surface area contributed by atoms with Crippen LogP contribution in [-0.4, -0.2) is 6.61 Å². The van der Waals surface area contributed by atoms with Gasteiger partial charge in [0.1, 0.15) is 0 Å². The lowest BCUT2D eigenvalue weighted by Crippen LogP contribution is -2.52. The van der Waals surface area contributed by atoms with Gasteiger partial charge in [-0.05, 0) is 41.8 Å². The Morgan fingerprint density at radius 1 is 0.759 bits per heavy atom. The molecule has 1 aromatic heterocycles. The first-order valence-electron chi connectivity index (χ1n) is 10.6. The Bertz CT molecular complexity index is 979. The molecule has 0 spiro atoms. The minimum atomic E-state index is -0.314. The number of rotatable bonds is 6. The molecule has 2 heteroatoms. The highest BCUT2D eigenvalue weighted by molar-refractivity contribution is 5.80. The van der Waals surface area contributed by atoms with Gasteiger partial charge in [0.25, 0.3) is 0 Å². The number of pyridine rings is 1. The van der Waals surface area contributed by atoms with Crippen molar-refractivity contribution in [1.82, 2.24) is 0 Å². The predicted octanol–water partition coefficient (Wildman–Crippen LogP) is 6.50. The van der Waals surface area contributed by atoms with Gasteiger partial charge in [0.2, 0.25) is 0 Å². The molecule has 0 aliphatic carbocycles. The van der Waals surface area contributed by atoms with Crippen molar-refractivity contribution in [2.24, 2.45) is 0 Å². The lowest BCUT2D eigenvalue weighted by atomic mass is 9.84. The summed E-state index contributed by atoms with van der Waals surface area (Å²) in [6.45, 7) is 16.4. The molecular formula is C27H36NO+. The molecule has 0 atom stereocenters. The smallest absolute Gasteiger partial charge is 0.177 e. The van der Waals surface area contributed by atoms with E-state index in [1.54, 1.807) is 0 Å². The van der Waals surface area contributed by atoms with Gasteiger partial charge in [-0.25, -0.2) is 0 Å². The standard InChI is InChI=1S/C27H36NO/c1-25(2,3)23-13-10-14-24(19-23)27(6,7)29-18-16-26(4,5)28-17-15-21-11-8-9-12-22(21)20-28/h8-15,17,19-20H,16,18H2,1-7H3/q+1. The summed E-state index contributed by atoms with van der Waals surface area (Å²) in [6.07, 6.45) is 5.37. The number of nitrogens with zero attached hydrogens (tertiary/aromatic N) is 1. The number of hydrogen-bond donors (Lipinski definition) is 0. The van der Waals surface area contributed by atoms with Gasteiger partial charge in [0.15, 0.2) is 17.9 Å². The van der Waals surface area contributed by atoms with Crippen LogP contribution in [0.4, 0.5) is 0 Å². The molecule has 0 aliphatic heterocycles. The average molecular weight is 391 g/mol. The van der Waals surface area contributed by atoms with Crippen LogP contribution < -0.4 is 4.57 Å².